The van der Waals surface area contributed by atoms with E-state index in [-0.39, 0.29) is 11.9 Å². The number of nitrogens with one attached hydrogen (secondary N) is 2. The third kappa shape index (κ3) is 3.95. The molecule has 6 nitrogen and oxygen atoms in total. The zero-order chi connectivity index (χ0) is 23.6. The van der Waals surface area contributed by atoms with Crippen molar-refractivity contribution in [1.29, 1.82) is 0 Å². The Morgan fingerprint density at radius 2 is 1.40 bits per heavy atom. The molecule has 2 heterocycles. The first kappa shape index (κ1) is 20.9. The number of rotatable bonds is 5. The van der Waals surface area contributed by atoms with Crippen molar-refractivity contribution in [3.05, 3.63) is 126 Å². The average molecular weight is 458 g/mol. The van der Waals surface area contributed by atoms with Gasteiger partial charge >= 0.3 is 0 Å². The highest BCUT2D eigenvalue weighted by atomic mass is 16.2. The summed E-state index contributed by atoms with van der Waals surface area (Å²) in [5, 5.41) is 10.0. The molecule has 0 saturated heterocycles. The number of H-pyrrole nitrogens is 1. The molecule has 5 aromatic rings. The van der Waals surface area contributed by atoms with Gasteiger partial charge in [-0.05, 0) is 35.4 Å². The van der Waals surface area contributed by atoms with Gasteiger partial charge in [0, 0.05) is 0 Å². The van der Waals surface area contributed by atoms with Gasteiger partial charge in [0.05, 0.1) is 28.5 Å². The number of para-hydroxylation sites is 3. The van der Waals surface area contributed by atoms with Gasteiger partial charge in [-0.1, -0.05) is 91.0 Å². The molecule has 2 unspecified atom stereocenters. The smallest absolute Gasteiger partial charge is 0.238 e. The molecule has 6 rings (SSSR count). The van der Waals surface area contributed by atoms with Gasteiger partial charge in [0.2, 0.25) is 11.9 Å². The van der Waals surface area contributed by atoms with Gasteiger partial charge in [-0.2, -0.15) is 5.10 Å². The minimum absolute atomic E-state index is 0.168. The van der Waals surface area contributed by atoms with Crippen LogP contribution in [0.1, 0.15) is 17.2 Å². The molecule has 0 fully saturated rings. The number of benzene rings is 4. The van der Waals surface area contributed by atoms with E-state index >= 15 is 0 Å². The van der Waals surface area contributed by atoms with Crippen molar-refractivity contribution >= 4 is 34.3 Å². The Morgan fingerprint density at radius 1 is 0.771 bits per heavy atom. The van der Waals surface area contributed by atoms with E-state index in [1.54, 1.807) is 0 Å². The van der Waals surface area contributed by atoms with E-state index in [9.17, 15) is 4.79 Å². The zero-order valence-electron chi connectivity index (χ0n) is 18.9. The van der Waals surface area contributed by atoms with Crippen molar-refractivity contribution in [1.82, 2.24) is 9.97 Å². The number of imidazole rings is 1. The van der Waals surface area contributed by atoms with Crippen LogP contribution < -0.4 is 10.3 Å². The third-order valence-electron chi connectivity index (χ3n) is 6.23. The van der Waals surface area contributed by atoms with Crippen molar-refractivity contribution in [2.45, 2.75) is 6.04 Å². The molecule has 0 aliphatic carbocycles. The highest BCUT2D eigenvalue weighted by Crippen LogP contribution is 2.41. The van der Waals surface area contributed by atoms with Crippen LogP contribution in [0.2, 0.25) is 0 Å². The summed E-state index contributed by atoms with van der Waals surface area (Å²) in [4.78, 5) is 21.7. The number of hydrazone groups is 1. The lowest BCUT2D eigenvalue weighted by atomic mass is 9.86. The first-order valence-corrected chi connectivity index (χ1v) is 11.6. The lowest BCUT2D eigenvalue weighted by Gasteiger charge is -2.28. The molecule has 1 aliphatic rings. The monoisotopic (exact) mass is 457 g/mol. The lowest BCUT2D eigenvalue weighted by Crippen LogP contribution is -2.35. The number of nitrogens with zero attached hydrogens (tertiary/aromatic N) is 3. The van der Waals surface area contributed by atoms with Crippen LogP contribution in [0, 0.1) is 5.92 Å². The summed E-state index contributed by atoms with van der Waals surface area (Å²) < 4.78 is 0. The van der Waals surface area contributed by atoms with E-state index in [1.807, 2.05) is 120 Å². The number of carbonyl (C=O) groups is 1. The maximum Gasteiger partial charge on any atom is 0.238 e. The van der Waals surface area contributed by atoms with Crippen LogP contribution in [0.25, 0.3) is 11.0 Å². The Bertz CT molecular complexity index is 1460. The maximum absolute atomic E-state index is 14.0. The Kier molecular flexibility index (Phi) is 5.31. The Morgan fingerprint density at radius 3 is 2.11 bits per heavy atom. The van der Waals surface area contributed by atoms with Crippen molar-refractivity contribution < 1.29 is 4.79 Å². The van der Waals surface area contributed by atoms with E-state index in [4.69, 9.17) is 5.10 Å². The molecular weight excluding hydrogens is 434 g/mol. The van der Waals surface area contributed by atoms with Crippen LogP contribution in [0.5, 0.6) is 0 Å². The van der Waals surface area contributed by atoms with E-state index in [1.165, 1.54) is 0 Å². The molecule has 2 atom stereocenters. The van der Waals surface area contributed by atoms with E-state index in [2.05, 4.69) is 15.3 Å². The maximum atomic E-state index is 14.0. The van der Waals surface area contributed by atoms with Crippen molar-refractivity contribution in [2.75, 3.05) is 10.3 Å². The number of aromatic amines is 1. The summed E-state index contributed by atoms with van der Waals surface area (Å²) in [6.45, 7) is 0. The van der Waals surface area contributed by atoms with Gasteiger partial charge in [-0.25, -0.2) is 4.98 Å². The molecule has 1 aliphatic heterocycles. The normalized spacial score (nSPS) is 17.4. The fourth-order valence-corrected chi connectivity index (χ4v) is 4.63. The van der Waals surface area contributed by atoms with Gasteiger partial charge in [-0.3, -0.25) is 15.1 Å². The molecular formula is C29H23N5O. The molecule has 2 N–H and O–H groups in total. The van der Waals surface area contributed by atoms with Gasteiger partial charge in [0.1, 0.15) is 5.92 Å². The predicted molar refractivity (Wildman–Crippen MR) is 139 cm³/mol. The second-order valence-corrected chi connectivity index (χ2v) is 8.46. The summed E-state index contributed by atoms with van der Waals surface area (Å²) in [5.41, 5.74) is 5.24. The first-order chi connectivity index (χ1) is 17.3. The van der Waals surface area contributed by atoms with Crippen molar-refractivity contribution in [3.63, 3.8) is 0 Å². The van der Waals surface area contributed by atoms with Crippen molar-refractivity contribution in [2.24, 2.45) is 11.0 Å². The van der Waals surface area contributed by atoms with Crippen LogP contribution in [-0.4, -0.2) is 21.6 Å². The highest BCUT2D eigenvalue weighted by molar-refractivity contribution is 6.18. The molecule has 170 valence electrons. The highest BCUT2D eigenvalue weighted by Gasteiger charge is 2.44. The third-order valence-corrected chi connectivity index (χ3v) is 6.23. The molecule has 1 aromatic heterocycles. The van der Waals surface area contributed by atoms with E-state index in [0.717, 1.165) is 33.6 Å². The van der Waals surface area contributed by atoms with Gasteiger partial charge < -0.3 is 4.98 Å². The van der Waals surface area contributed by atoms with Gasteiger partial charge in [-0.15, -0.1) is 0 Å². The fraction of sp³-hybridized carbons (Fsp3) is 0.0690. The molecule has 35 heavy (non-hydrogen) atoms. The van der Waals surface area contributed by atoms with Crippen LogP contribution in [0.3, 0.4) is 0 Å². The molecule has 0 radical (unpaired) electrons. The molecule has 4 aromatic carbocycles. The van der Waals surface area contributed by atoms with Gasteiger partial charge in [0.15, 0.2) is 0 Å². The summed E-state index contributed by atoms with van der Waals surface area (Å²) in [6, 6.07) is 37.3. The first-order valence-electron chi connectivity index (χ1n) is 11.6. The quantitative estimate of drug-likeness (QED) is 0.351. The number of fused-ring (bicyclic) bond motifs is 1. The minimum atomic E-state index is -0.562. The largest absolute Gasteiger partial charge is 0.324 e. The van der Waals surface area contributed by atoms with Crippen LogP contribution in [0.15, 0.2) is 120 Å². The zero-order valence-corrected chi connectivity index (χ0v) is 18.9. The molecule has 6 heteroatoms. The molecule has 1 amide bonds. The SMILES string of the molecule is O=C(Nc1nc2ccccc2[nH]1)C1C(c2ccccc2)=NN(c2ccccc2)C1c1ccccc1. The minimum Gasteiger partial charge on any atom is -0.324 e. The number of carbonyl (C=O) groups excluding carboxylic acids is 1. The Hall–Kier alpha value is -4.71. The number of anilines is 2. The predicted octanol–water partition coefficient (Wildman–Crippen LogP) is 5.78. The molecule has 0 spiro atoms. The summed E-state index contributed by atoms with van der Waals surface area (Å²) in [5.74, 6) is -0.305. The standard InChI is InChI=1S/C29H23N5O/c35-28(32-29-30-23-18-10-11-19-24(23)31-29)25-26(20-12-4-1-5-13-20)33-34(22-16-8-3-9-17-22)27(25)21-14-6-2-7-15-21/h1-19,25,27H,(H2,30,31,32,35). The number of aromatic nitrogens is 2. The Balaban J connectivity index is 1.46. The van der Waals surface area contributed by atoms with E-state index in [0.29, 0.717) is 5.95 Å². The summed E-state index contributed by atoms with van der Waals surface area (Å²) >= 11 is 0. The Labute approximate surface area is 203 Å². The summed E-state index contributed by atoms with van der Waals surface area (Å²) in [7, 11) is 0. The summed E-state index contributed by atoms with van der Waals surface area (Å²) in [6.07, 6.45) is 0. The number of hydrogen-bond donors (Lipinski definition) is 2. The average Bonchev–Trinajstić information content (AvgIpc) is 3.52. The van der Waals surface area contributed by atoms with Crippen LogP contribution >= 0.6 is 0 Å². The fourth-order valence-electron chi connectivity index (χ4n) is 4.63. The van der Waals surface area contributed by atoms with Crippen LogP contribution in [0.4, 0.5) is 11.6 Å². The second-order valence-electron chi connectivity index (χ2n) is 8.46. The van der Waals surface area contributed by atoms with Crippen molar-refractivity contribution in [3.8, 4) is 0 Å². The molecule has 0 saturated carbocycles. The topological polar surface area (TPSA) is 73.4 Å². The van der Waals surface area contributed by atoms with E-state index < -0.39 is 5.92 Å². The van der Waals surface area contributed by atoms with Crippen LogP contribution in [-0.2, 0) is 4.79 Å². The second kappa shape index (κ2) is 8.91. The number of hydrogen-bond acceptors (Lipinski definition) is 4. The molecule has 0 bridgehead atoms. The van der Waals surface area contributed by atoms with Gasteiger partial charge in [0.25, 0.3) is 0 Å². The lowest BCUT2D eigenvalue weighted by molar-refractivity contribution is -0.118. The number of amides is 1.